The van der Waals surface area contributed by atoms with Gasteiger partial charge in [0.2, 0.25) is 11.9 Å². The summed E-state index contributed by atoms with van der Waals surface area (Å²) in [6.45, 7) is 12.3. The number of amides is 3. The summed E-state index contributed by atoms with van der Waals surface area (Å²) in [5.41, 5.74) is 1.30. The van der Waals surface area contributed by atoms with Crippen molar-refractivity contribution in [3.8, 4) is 18.1 Å². The van der Waals surface area contributed by atoms with Gasteiger partial charge in [-0.1, -0.05) is 19.8 Å². The molecule has 2 aromatic rings. The number of likely N-dealkylation sites (N-methyl/N-ethyl adjacent to an activating group) is 1. The van der Waals surface area contributed by atoms with E-state index in [1.165, 1.54) is 0 Å². The number of rotatable bonds is 17. The number of hydrogen-bond acceptors (Lipinski definition) is 11. The molecule has 306 valence electrons. The van der Waals surface area contributed by atoms with E-state index >= 15 is 0 Å². The molecular weight excluding hydrogens is 713 g/mol. The summed E-state index contributed by atoms with van der Waals surface area (Å²) >= 11 is 0. The lowest BCUT2D eigenvalue weighted by atomic mass is 10.0. The molecule has 3 aliphatic rings. The minimum Gasteiger partial charge on any atom is -0.495 e. The van der Waals surface area contributed by atoms with Crippen LogP contribution in [0.5, 0.6) is 5.75 Å². The number of fused-ring (bicyclic) bond motifs is 1. The van der Waals surface area contributed by atoms with Crippen molar-refractivity contribution in [2.75, 3.05) is 75.2 Å². The van der Waals surface area contributed by atoms with E-state index in [-0.39, 0.29) is 36.0 Å². The van der Waals surface area contributed by atoms with Crippen molar-refractivity contribution < 1.29 is 28.6 Å². The van der Waals surface area contributed by atoms with E-state index in [1.54, 1.807) is 42.3 Å². The molecule has 1 saturated heterocycles. The maximum absolute atomic E-state index is 13.4. The van der Waals surface area contributed by atoms with Crippen LogP contribution in [0.3, 0.4) is 0 Å². The Morgan fingerprint density at radius 3 is 2.50 bits per heavy atom. The maximum Gasteiger partial charge on any atom is 0.410 e. The van der Waals surface area contributed by atoms with Crippen LogP contribution < -0.4 is 25.2 Å². The quantitative estimate of drug-likeness (QED) is 0.145. The van der Waals surface area contributed by atoms with Gasteiger partial charge in [-0.3, -0.25) is 9.59 Å². The van der Waals surface area contributed by atoms with Crippen molar-refractivity contribution >= 4 is 41.0 Å². The maximum atomic E-state index is 13.4. The third-order valence-electron chi connectivity index (χ3n) is 10.7. The van der Waals surface area contributed by atoms with Gasteiger partial charge in [0.1, 0.15) is 23.1 Å². The highest BCUT2D eigenvalue weighted by molar-refractivity contribution is 6.04. The zero-order chi connectivity index (χ0) is 40.2. The molecule has 1 aromatic carbocycles. The molecule has 1 saturated carbocycles. The van der Waals surface area contributed by atoms with Crippen molar-refractivity contribution in [1.29, 1.82) is 0 Å². The fourth-order valence-corrected chi connectivity index (χ4v) is 7.73. The lowest BCUT2D eigenvalue weighted by molar-refractivity contribution is -0.120. The molecule has 2 N–H and O–H groups in total. The molecule has 0 radical (unpaired) electrons. The molecule has 2 fully saturated rings. The molecular formula is C42H62N8O6. The molecule has 3 heterocycles. The van der Waals surface area contributed by atoms with E-state index in [0.29, 0.717) is 67.8 Å². The van der Waals surface area contributed by atoms with Gasteiger partial charge in [0.25, 0.3) is 5.91 Å². The largest absolute Gasteiger partial charge is 0.495 e. The first-order valence-electron chi connectivity index (χ1n) is 20.3. The Morgan fingerprint density at radius 2 is 1.82 bits per heavy atom. The Balaban J connectivity index is 1.07. The average Bonchev–Trinajstić information content (AvgIpc) is 3.71. The number of carbonyl (C=O) groups excluding carboxylic acids is 3. The molecule has 1 aliphatic carbocycles. The predicted octanol–water partition coefficient (Wildman–Crippen LogP) is 5.98. The predicted molar refractivity (Wildman–Crippen MR) is 219 cm³/mol. The van der Waals surface area contributed by atoms with E-state index < -0.39 is 5.60 Å². The lowest BCUT2D eigenvalue weighted by Crippen LogP contribution is -2.55. The summed E-state index contributed by atoms with van der Waals surface area (Å²) in [6, 6.07) is 5.43. The first kappa shape index (κ1) is 42.5. The van der Waals surface area contributed by atoms with Gasteiger partial charge in [0.15, 0.2) is 5.82 Å². The number of piperidine rings is 1. The zero-order valence-corrected chi connectivity index (χ0v) is 34.3. The van der Waals surface area contributed by atoms with Crippen LogP contribution in [0.2, 0.25) is 0 Å². The molecule has 3 amide bonds. The highest BCUT2D eigenvalue weighted by Crippen LogP contribution is 2.40. The Labute approximate surface area is 333 Å². The Morgan fingerprint density at radius 1 is 1.07 bits per heavy atom. The smallest absolute Gasteiger partial charge is 0.410 e. The first-order chi connectivity index (χ1) is 26.9. The van der Waals surface area contributed by atoms with E-state index in [4.69, 9.17) is 25.6 Å². The third kappa shape index (κ3) is 11.3. The van der Waals surface area contributed by atoms with E-state index in [2.05, 4.69) is 31.3 Å². The second kappa shape index (κ2) is 20.0. The third-order valence-corrected chi connectivity index (χ3v) is 10.7. The standard InChI is InChI=1S/C42H62N8O6/c1-8-10-13-22-49(41(53)56-42(3,4)5)25-27-55-26-14-21-48-23-19-31(20-24-48)44-38(51)30-17-18-33(36(28-30)54-7)45-40-43-29-35-37(46-40)50(32-15-11-12-16-32)34(9-2)39(52)47(35)6/h1,17-18,28-29,31-32,34H,9-16,19-27H2,2-7H3,(H,44,51)(H,43,45,46)/t34-/m1/s1. The van der Waals surface area contributed by atoms with E-state index in [0.717, 1.165) is 76.8 Å². The zero-order valence-electron chi connectivity index (χ0n) is 34.3. The molecule has 1 atom stereocenters. The second-order valence-corrected chi connectivity index (χ2v) is 15.9. The van der Waals surface area contributed by atoms with Gasteiger partial charge in [0.05, 0.1) is 25.6 Å². The number of unbranched alkanes of at least 4 members (excludes halogenated alkanes) is 1. The summed E-state index contributed by atoms with van der Waals surface area (Å²) in [4.78, 5) is 56.7. The van der Waals surface area contributed by atoms with Crippen molar-refractivity contribution in [2.24, 2.45) is 0 Å². The van der Waals surface area contributed by atoms with Gasteiger partial charge in [-0.25, -0.2) is 9.78 Å². The molecule has 14 nitrogen and oxygen atoms in total. The number of nitrogens with one attached hydrogen (secondary N) is 2. The summed E-state index contributed by atoms with van der Waals surface area (Å²) < 4.78 is 17.1. The van der Waals surface area contributed by atoms with Crippen molar-refractivity contribution in [3.05, 3.63) is 30.0 Å². The number of methoxy groups -OCH3 is 1. The number of aromatic nitrogens is 2. The topological polar surface area (TPSA) is 142 Å². The summed E-state index contributed by atoms with van der Waals surface area (Å²) in [7, 11) is 3.37. The van der Waals surface area contributed by atoms with Gasteiger partial charge in [-0.2, -0.15) is 4.98 Å². The SMILES string of the molecule is C#CCCCN(CCOCCCN1CCC(NC(=O)c2ccc(Nc3ncc4c(n3)N(C3CCCC3)[C@H](CC)C(=O)N4C)c(OC)c2)CC1)C(=O)OC(C)(C)C. The van der Waals surface area contributed by atoms with Gasteiger partial charge < -0.3 is 44.4 Å². The molecule has 5 rings (SSSR count). The van der Waals surface area contributed by atoms with Gasteiger partial charge in [-0.15, -0.1) is 12.3 Å². The number of hydrogen-bond donors (Lipinski definition) is 2. The summed E-state index contributed by atoms with van der Waals surface area (Å²) in [6.07, 6.45) is 15.8. The highest BCUT2D eigenvalue weighted by atomic mass is 16.6. The van der Waals surface area contributed by atoms with Crippen LogP contribution in [0.15, 0.2) is 24.4 Å². The lowest BCUT2D eigenvalue weighted by Gasteiger charge is -2.43. The van der Waals surface area contributed by atoms with Crippen molar-refractivity contribution in [1.82, 2.24) is 25.1 Å². The van der Waals surface area contributed by atoms with Crippen LogP contribution in [0.25, 0.3) is 0 Å². The average molecular weight is 775 g/mol. The van der Waals surface area contributed by atoms with Crippen LogP contribution in [0.1, 0.15) is 102 Å². The molecule has 0 bridgehead atoms. The van der Waals surface area contributed by atoms with Crippen molar-refractivity contribution in [2.45, 2.75) is 116 Å². The highest BCUT2D eigenvalue weighted by Gasteiger charge is 2.41. The first-order valence-corrected chi connectivity index (χ1v) is 20.3. The normalized spacial score (nSPS) is 18.0. The summed E-state index contributed by atoms with van der Waals surface area (Å²) in [5.74, 6) is 4.22. The Kier molecular flexibility index (Phi) is 15.2. The second-order valence-electron chi connectivity index (χ2n) is 15.9. The van der Waals surface area contributed by atoms with E-state index in [9.17, 15) is 14.4 Å². The van der Waals surface area contributed by atoms with Gasteiger partial charge in [0, 0.05) is 70.4 Å². The number of benzene rings is 1. The van der Waals surface area contributed by atoms with Crippen LogP contribution in [-0.2, 0) is 14.3 Å². The molecule has 1 aromatic heterocycles. The van der Waals surface area contributed by atoms with Crippen LogP contribution in [-0.4, -0.2) is 121 Å². The molecule has 2 aliphatic heterocycles. The molecule has 0 unspecified atom stereocenters. The molecule has 56 heavy (non-hydrogen) atoms. The number of likely N-dealkylation sites (tertiary alicyclic amines) is 1. The Bertz CT molecular complexity index is 1680. The fourth-order valence-electron chi connectivity index (χ4n) is 7.73. The minimum absolute atomic E-state index is 0.0738. The number of terminal acetylenes is 1. The number of ether oxygens (including phenoxy) is 3. The van der Waals surface area contributed by atoms with Gasteiger partial charge in [-0.05, 0) is 83.9 Å². The Hall–Kier alpha value is -4.61. The molecule has 0 spiro atoms. The monoisotopic (exact) mass is 774 g/mol. The van der Waals surface area contributed by atoms with E-state index in [1.807, 2.05) is 33.8 Å². The van der Waals surface area contributed by atoms with Crippen LogP contribution in [0.4, 0.5) is 27.9 Å². The van der Waals surface area contributed by atoms with Crippen LogP contribution >= 0.6 is 0 Å². The van der Waals surface area contributed by atoms with Gasteiger partial charge >= 0.3 is 6.09 Å². The summed E-state index contributed by atoms with van der Waals surface area (Å²) in [5, 5.41) is 6.51. The fraction of sp³-hybridized carbons (Fsp3) is 0.643. The van der Waals surface area contributed by atoms with Crippen LogP contribution in [0, 0.1) is 12.3 Å². The number of nitrogens with zero attached hydrogens (tertiary/aromatic N) is 6. The minimum atomic E-state index is -0.560. The molecule has 14 heteroatoms. The van der Waals surface area contributed by atoms with Crippen molar-refractivity contribution in [3.63, 3.8) is 0 Å². The number of carbonyl (C=O) groups is 3. The number of anilines is 4.